The van der Waals surface area contributed by atoms with Gasteiger partial charge in [-0.3, -0.25) is 9.59 Å². The quantitative estimate of drug-likeness (QED) is 0.324. The second-order valence-corrected chi connectivity index (χ2v) is 8.01. The van der Waals surface area contributed by atoms with Crippen LogP contribution in [0.25, 0.3) is 0 Å². The normalized spacial score (nSPS) is 12.9. The Morgan fingerprint density at radius 3 is 1.93 bits per heavy atom. The fraction of sp³-hybridized carbons (Fsp3) is 0.583. The first-order valence-electron chi connectivity index (χ1n) is 11.4. The minimum Gasteiger partial charge on any atom is -0.284 e. The average Bonchev–Trinajstić information content (AvgIpc) is 3.12. The predicted molar refractivity (Wildman–Crippen MR) is 113 cm³/mol. The molecule has 0 saturated heterocycles. The largest absolute Gasteiger partial charge is 0.284 e. The monoisotopic (exact) mass is 396 g/mol. The minimum atomic E-state index is -0.0913. The van der Waals surface area contributed by atoms with Crippen LogP contribution in [0, 0.1) is 0 Å². The van der Waals surface area contributed by atoms with E-state index in [4.69, 9.17) is 0 Å². The van der Waals surface area contributed by atoms with Crippen LogP contribution in [0.1, 0.15) is 110 Å². The number of hydrogen-bond donors (Lipinski definition) is 0. The molecule has 1 aromatic carbocycles. The summed E-state index contributed by atoms with van der Waals surface area (Å²) < 4.78 is 3.45. The first kappa shape index (κ1) is 21.4. The molecule has 0 saturated carbocycles. The van der Waals surface area contributed by atoms with Gasteiger partial charge in [0.1, 0.15) is 13.1 Å². The van der Waals surface area contributed by atoms with E-state index in [1.165, 1.54) is 51.4 Å². The van der Waals surface area contributed by atoms with Gasteiger partial charge in [0.15, 0.2) is 0 Å². The molecule has 0 N–H and O–H groups in total. The van der Waals surface area contributed by atoms with Crippen molar-refractivity contribution < 1.29 is 14.3 Å². The lowest BCUT2D eigenvalue weighted by Gasteiger charge is -2.11. The molecule has 1 aliphatic carbocycles. The van der Waals surface area contributed by atoms with Gasteiger partial charge in [-0.25, -0.2) is 0 Å². The molecule has 5 nitrogen and oxygen atoms in total. The Morgan fingerprint density at radius 1 is 0.793 bits per heavy atom. The second-order valence-electron chi connectivity index (χ2n) is 8.01. The molecular formula is C24H34N3O2+. The summed E-state index contributed by atoms with van der Waals surface area (Å²) in [5.74, 6) is -0.173. The van der Waals surface area contributed by atoms with Crippen molar-refractivity contribution >= 4 is 11.6 Å². The van der Waals surface area contributed by atoms with Crippen LogP contribution < -0.4 is 4.68 Å². The second kappa shape index (κ2) is 10.5. The summed E-state index contributed by atoms with van der Waals surface area (Å²) in [6.07, 6.45) is 12.7. The number of carbonyl (C=O) groups is 2. The molecule has 1 aliphatic rings. The van der Waals surface area contributed by atoms with Crippen LogP contribution in [0.5, 0.6) is 0 Å². The van der Waals surface area contributed by atoms with Crippen molar-refractivity contribution in [2.75, 3.05) is 0 Å². The summed E-state index contributed by atoms with van der Waals surface area (Å²) in [6.45, 7) is 5.47. The molecule has 0 fully saturated rings. The molecule has 1 aromatic heterocycles. The number of rotatable bonds is 12. The summed E-state index contributed by atoms with van der Waals surface area (Å²) >= 11 is 0. The lowest BCUT2D eigenvalue weighted by atomic mass is 9.90. The van der Waals surface area contributed by atoms with E-state index in [2.05, 4.69) is 12.1 Å². The molecule has 2 aromatic rings. The molecule has 0 spiro atoms. The number of unbranched alkanes of at least 4 members (excludes halogenated alkanes) is 9. The molecule has 29 heavy (non-hydrogen) atoms. The minimum absolute atomic E-state index is 0.0815. The lowest BCUT2D eigenvalue weighted by molar-refractivity contribution is -0.757. The maximum absolute atomic E-state index is 13.1. The molecule has 0 unspecified atom stereocenters. The van der Waals surface area contributed by atoms with E-state index >= 15 is 0 Å². The smallest absolute Gasteiger partial charge is 0.249 e. The summed E-state index contributed by atoms with van der Waals surface area (Å²) in [5.41, 5.74) is 1.90. The van der Waals surface area contributed by atoms with Crippen molar-refractivity contribution in [1.82, 2.24) is 9.90 Å². The molecule has 0 amide bonds. The number of nitrogens with zero attached hydrogens (tertiary/aromatic N) is 3. The van der Waals surface area contributed by atoms with Crippen molar-refractivity contribution in [3.63, 3.8) is 0 Å². The highest BCUT2D eigenvalue weighted by atomic mass is 16.1. The maximum atomic E-state index is 13.1. The number of ketones is 2. The molecule has 156 valence electrons. The van der Waals surface area contributed by atoms with E-state index in [9.17, 15) is 9.59 Å². The third-order valence-corrected chi connectivity index (χ3v) is 5.83. The Hall–Kier alpha value is -2.30. The zero-order valence-electron chi connectivity index (χ0n) is 18.0. The number of aryl methyl sites for hydroxylation is 2. The van der Waals surface area contributed by atoms with E-state index in [-0.39, 0.29) is 11.6 Å². The number of hydrogen-bond acceptors (Lipinski definition) is 3. The zero-order chi connectivity index (χ0) is 20.6. The van der Waals surface area contributed by atoms with E-state index in [1.807, 2.05) is 13.0 Å². The SMILES string of the molecule is CCCCCCCCCCCC[n+]1nn(CC)c2c1C(=O)c1ccccc1C2=O. The molecule has 3 rings (SSSR count). The molecule has 0 bridgehead atoms. The first-order chi connectivity index (χ1) is 14.2. The van der Waals surface area contributed by atoms with Crippen molar-refractivity contribution in [2.24, 2.45) is 0 Å². The summed E-state index contributed by atoms with van der Waals surface area (Å²) in [7, 11) is 0. The average molecular weight is 397 g/mol. The predicted octanol–water partition coefficient (Wildman–Crippen LogP) is 4.89. The molecular weight excluding hydrogens is 362 g/mol. The van der Waals surface area contributed by atoms with Crippen LogP contribution in [0.3, 0.4) is 0 Å². The Labute approximate surface area is 174 Å². The van der Waals surface area contributed by atoms with Crippen LogP contribution in [0.2, 0.25) is 0 Å². The Bertz CT molecular complexity index is 854. The number of benzene rings is 1. The third kappa shape index (κ3) is 4.82. The van der Waals surface area contributed by atoms with Crippen LogP contribution in [-0.2, 0) is 13.1 Å². The topological polar surface area (TPSA) is 55.8 Å². The van der Waals surface area contributed by atoms with E-state index in [0.29, 0.717) is 35.6 Å². The molecule has 1 heterocycles. The highest BCUT2D eigenvalue weighted by Gasteiger charge is 2.41. The van der Waals surface area contributed by atoms with Crippen molar-refractivity contribution in [3.05, 3.63) is 46.8 Å². The van der Waals surface area contributed by atoms with Crippen molar-refractivity contribution in [3.8, 4) is 0 Å². The van der Waals surface area contributed by atoms with Gasteiger partial charge in [-0.2, -0.15) is 0 Å². The summed E-state index contributed by atoms with van der Waals surface area (Å²) in [5, 5.41) is 4.56. The van der Waals surface area contributed by atoms with Gasteiger partial charge in [0.25, 0.3) is 0 Å². The summed E-state index contributed by atoms with van der Waals surface area (Å²) in [6, 6.07) is 7.09. The van der Waals surface area contributed by atoms with Gasteiger partial charge in [-0.15, -0.1) is 9.36 Å². The lowest BCUT2D eigenvalue weighted by Crippen LogP contribution is -2.43. The standard InChI is InChI=1S/C24H34N3O2/c1-3-5-6-7-8-9-10-11-12-15-18-27-22-21(26(4-2)25-27)23(28)19-16-13-14-17-20(19)24(22)29/h13-14,16-17H,3-12,15,18H2,1-2H3/q+1. The van der Waals surface area contributed by atoms with Crippen molar-refractivity contribution in [2.45, 2.75) is 91.1 Å². The van der Waals surface area contributed by atoms with Gasteiger partial charge in [0, 0.05) is 11.1 Å². The van der Waals surface area contributed by atoms with Crippen molar-refractivity contribution in [1.29, 1.82) is 0 Å². The molecule has 0 atom stereocenters. The number of fused-ring (bicyclic) bond motifs is 2. The van der Waals surface area contributed by atoms with Crippen LogP contribution in [0.15, 0.2) is 24.3 Å². The van der Waals surface area contributed by atoms with Gasteiger partial charge in [0.05, 0.1) is 5.21 Å². The highest BCUT2D eigenvalue weighted by molar-refractivity contribution is 6.26. The fourth-order valence-electron chi connectivity index (χ4n) is 4.17. The molecule has 0 radical (unpaired) electrons. The molecule has 5 heteroatoms. The van der Waals surface area contributed by atoms with Crippen LogP contribution in [-0.4, -0.2) is 21.5 Å². The van der Waals surface area contributed by atoms with Crippen LogP contribution >= 0.6 is 0 Å². The first-order valence-corrected chi connectivity index (χ1v) is 11.4. The van der Waals surface area contributed by atoms with E-state index in [1.54, 1.807) is 27.6 Å². The Balaban J connectivity index is 1.56. The number of aromatic nitrogens is 3. The van der Waals surface area contributed by atoms with Gasteiger partial charge >= 0.3 is 0 Å². The summed E-state index contributed by atoms with van der Waals surface area (Å²) in [4.78, 5) is 26.0. The zero-order valence-corrected chi connectivity index (χ0v) is 18.0. The van der Waals surface area contributed by atoms with Gasteiger partial charge in [-0.05, 0) is 19.8 Å². The van der Waals surface area contributed by atoms with Gasteiger partial charge in [-0.1, -0.05) is 82.6 Å². The van der Waals surface area contributed by atoms with Gasteiger partial charge in [0.2, 0.25) is 23.0 Å². The third-order valence-electron chi connectivity index (χ3n) is 5.83. The van der Waals surface area contributed by atoms with E-state index in [0.717, 1.165) is 12.8 Å². The highest BCUT2D eigenvalue weighted by Crippen LogP contribution is 2.25. The number of carbonyl (C=O) groups excluding carboxylic acids is 2. The Morgan fingerprint density at radius 2 is 1.34 bits per heavy atom. The van der Waals surface area contributed by atoms with Crippen LogP contribution in [0.4, 0.5) is 0 Å². The maximum Gasteiger partial charge on any atom is 0.249 e. The molecule has 0 aliphatic heterocycles. The Kier molecular flexibility index (Phi) is 7.73. The fourth-order valence-corrected chi connectivity index (χ4v) is 4.17. The van der Waals surface area contributed by atoms with E-state index < -0.39 is 0 Å². The van der Waals surface area contributed by atoms with Gasteiger partial charge < -0.3 is 0 Å².